The van der Waals surface area contributed by atoms with Gasteiger partial charge in [0.05, 0.1) is 23.5 Å². The molecule has 0 aliphatic rings. The Kier molecular flexibility index (Phi) is 3.10. The fourth-order valence-corrected chi connectivity index (χ4v) is 1.63. The molecule has 4 nitrogen and oxygen atoms in total. The van der Waals surface area contributed by atoms with E-state index < -0.39 is 0 Å². The van der Waals surface area contributed by atoms with Crippen LogP contribution < -0.4 is 5.32 Å². The molecule has 0 bridgehead atoms. The van der Waals surface area contributed by atoms with Crippen LogP contribution in [0.2, 0.25) is 0 Å². The minimum absolute atomic E-state index is 0.0879. The molecule has 1 heterocycles. The van der Waals surface area contributed by atoms with Crippen molar-refractivity contribution in [2.75, 3.05) is 0 Å². The molecule has 1 aromatic heterocycles. The van der Waals surface area contributed by atoms with Crippen molar-refractivity contribution in [3.8, 4) is 12.3 Å². The Morgan fingerprint density at radius 2 is 2.35 bits per heavy atom. The fourth-order valence-electron chi connectivity index (χ4n) is 1.63. The number of nitrogens with zero attached hydrogens (tertiary/aromatic N) is 1. The molecular weight excluding hydrogens is 214 g/mol. The summed E-state index contributed by atoms with van der Waals surface area (Å²) in [5, 5.41) is 2.78. The SMILES string of the molecule is C#CCC(=O)NC(C)c1nc2ccccc2[nH]1. The molecule has 0 saturated carbocycles. The van der Waals surface area contributed by atoms with Crippen molar-refractivity contribution < 1.29 is 4.79 Å². The van der Waals surface area contributed by atoms with Crippen LogP contribution in [0.25, 0.3) is 11.0 Å². The fraction of sp³-hybridized carbons (Fsp3) is 0.231. The topological polar surface area (TPSA) is 57.8 Å². The van der Waals surface area contributed by atoms with Crippen molar-refractivity contribution in [2.45, 2.75) is 19.4 Å². The number of hydrogen-bond donors (Lipinski definition) is 2. The van der Waals surface area contributed by atoms with Gasteiger partial charge in [0.2, 0.25) is 5.91 Å². The van der Waals surface area contributed by atoms with E-state index in [4.69, 9.17) is 6.42 Å². The van der Waals surface area contributed by atoms with Gasteiger partial charge in [0.1, 0.15) is 5.82 Å². The number of amides is 1. The number of nitrogens with one attached hydrogen (secondary N) is 2. The van der Waals surface area contributed by atoms with E-state index in [9.17, 15) is 4.79 Å². The molecule has 0 aliphatic carbocycles. The van der Waals surface area contributed by atoms with Gasteiger partial charge in [0.15, 0.2) is 0 Å². The van der Waals surface area contributed by atoms with E-state index in [1.54, 1.807) is 0 Å². The lowest BCUT2D eigenvalue weighted by atomic mass is 10.3. The summed E-state index contributed by atoms with van der Waals surface area (Å²) >= 11 is 0. The van der Waals surface area contributed by atoms with E-state index in [0.717, 1.165) is 16.9 Å². The molecule has 0 aliphatic heterocycles. The summed E-state index contributed by atoms with van der Waals surface area (Å²) in [6.07, 6.45) is 5.16. The zero-order chi connectivity index (χ0) is 12.3. The van der Waals surface area contributed by atoms with Crippen LogP contribution in [0, 0.1) is 12.3 Å². The highest BCUT2D eigenvalue weighted by molar-refractivity contribution is 5.79. The smallest absolute Gasteiger partial charge is 0.232 e. The highest BCUT2D eigenvalue weighted by atomic mass is 16.1. The molecule has 1 atom stereocenters. The van der Waals surface area contributed by atoms with Gasteiger partial charge in [-0.1, -0.05) is 18.1 Å². The molecule has 0 saturated heterocycles. The number of benzene rings is 1. The van der Waals surface area contributed by atoms with Crippen molar-refractivity contribution in [3.63, 3.8) is 0 Å². The summed E-state index contributed by atoms with van der Waals surface area (Å²) in [7, 11) is 0. The van der Waals surface area contributed by atoms with Crippen LogP contribution in [-0.4, -0.2) is 15.9 Å². The Morgan fingerprint density at radius 1 is 1.59 bits per heavy atom. The Hall–Kier alpha value is -2.28. The Bertz CT molecular complexity index is 547. The van der Waals surface area contributed by atoms with Gasteiger partial charge < -0.3 is 10.3 Å². The summed E-state index contributed by atoms with van der Waals surface area (Å²) in [5.74, 6) is 2.87. The first kappa shape index (κ1) is 11.2. The van der Waals surface area contributed by atoms with Crippen LogP contribution in [0.15, 0.2) is 24.3 Å². The largest absolute Gasteiger partial charge is 0.346 e. The number of aromatic nitrogens is 2. The van der Waals surface area contributed by atoms with Crippen LogP contribution in [0.3, 0.4) is 0 Å². The average Bonchev–Trinajstić information content (AvgIpc) is 2.72. The highest BCUT2D eigenvalue weighted by Crippen LogP contribution is 2.15. The normalized spacial score (nSPS) is 12.0. The maximum atomic E-state index is 11.3. The summed E-state index contributed by atoms with van der Waals surface area (Å²) in [5.41, 5.74) is 1.85. The van der Waals surface area contributed by atoms with Gasteiger partial charge in [-0.05, 0) is 19.1 Å². The molecule has 1 amide bonds. The average molecular weight is 227 g/mol. The van der Waals surface area contributed by atoms with Crippen molar-refractivity contribution in [2.24, 2.45) is 0 Å². The molecule has 0 radical (unpaired) electrons. The third kappa shape index (κ3) is 2.45. The lowest BCUT2D eigenvalue weighted by Gasteiger charge is -2.09. The maximum Gasteiger partial charge on any atom is 0.232 e. The van der Waals surface area contributed by atoms with Crippen LogP contribution in [-0.2, 0) is 4.79 Å². The Morgan fingerprint density at radius 3 is 3.06 bits per heavy atom. The first-order chi connectivity index (χ1) is 8.20. The minimum atomic E-state index is -0.178. The monoisotopic (exact) mass is 227 g/mol. The molecule has 2 aromatic rings. The molecule has 2 N–H and O–H groups in total. The number of terminal acetylenes is 1. The first-order valence-corrected chi connectivity index (χ1v) is 5.38. The van der Waals surface area contributed by atoms with Crippen LogP contribution in [0.4, 0.5) is 0 Å². The second-order valence-electron chi connectivity index (χ2n) is 3.81. The molecule has 4 heteroatoms. The number of hydrogen-bond acceptors (Lipinski definition) is 2. The zero-order valence-electron chi connectivity index (χ0n) is 9.53. The molecule has 0 fully saturated rings. The van der Waals surface area contributed by atoms with E-state index in [1.165, 1.54) is 0 Å². The van der Waals surface area contributed by atoms with E-state index in [0.29, 0.717) is 0 Å². The molecule has 17 heavy (non-hydrogen) atoms. The summed E-state index contributed by atoms with van der Waals surface area (Å²) in [6.45, 7) is 1.87. The summed E-state index contributed by atoms with van der Waals surface area (Å²) in [4.78, 5) is 18.9. The number of rotatable bonds is 3. The number of imidazole rings is 1. The standard InChI is InChI=1S/C13H13N3O/c1-3-6-12(17)14-9(2)13-15-10-7-4-5-8-11(10)16-13/h1,4-5,7-9H,6H2,2H3,(H,14,17)(H,15,16). The van der Waals surface area contributed by atoms with Gasteiger partial charge in [-0.15, -0.1) is 6.42 Å². The molecule has 1 aromatic carbocycles. The predicted octanol–water partition coefficient (Wildman–Crippen LogP) is 1.76. The first-order valence-electron chi connectivity index (χ1n) is 5.38. The van der Waals surface area contributed by atoms with Gasteiger partial charge in [0.25, 0.3) is 0 Å². The number of aromatic amines is 1. The van der Waals surface area contributed by atoms with Gasteiger partial charge >= 0.3 is 0 Å². The second-order valence-corrected chi connectivity index (χ2v) is 3.81. The summed E-state index contributed by atoms with van der Waals surface area (Å²) < 4.78 is 0. The van der Waals surface area contributed by atoms with Gasteiger partial charge in [-0.25, -0.2) is 4.98 Å². The van der Waals surface area contributed by atoms with Crippen LogP contribution in [0.5, 0.6) is 0 Å². The lowest BCUT2D eigenvalue weighted by Crippen LogP contribution is -2.26. The molecule has 86 valence electrons. The molecule has 1 unspecified atom stereocenters. The van der Waals surface area contributed by atoms with Crippen molar-refractivity contribution >= 4 is 16.9 Å². The Labute approximate surface area is 99.4 Å². The van der Waals surface area contributed by atoms with Gasteiger partial charge in [-0.2, -0.15) is 0 Å². The van der Waals surface area contributed by atoms with E-state index >= 15 is 0 Å². The van der Waals surface area contributed by atoms with E-state index in [-0.39, 0.29) is 18.4 Å². The number of carbonyl (C=O) groups is 1. The predicted molar refractivity (Wildman–Crippen MR) is 66.1 cm³/mol. The van der Waals surface area contributed by atoms with Crippen LogP contribution >= 0.6 is 0 Å². The highest BCUT2D eigenvalue weighted by Gasteiger charge is 2.12. The van der Waals surface area contributed by atoms with E-state index in [1.807, 2.05) is 31.2 Å². The number of H-pyrrole nitrogens is 1. The summed E-state index contributed by atoms with van der Waals surface area (Å²) in [6, 6.07) is 7.55. The Balaban J connectivity index is 2.16. The second kappa shape index (κ2) is 4.71. The van der Waals surface area contributed by atoms with Crippen molar-refractivity contribution in [1.82, 2.24) is 15.3 Å². The number of para-hydroxylation sites is 2. The molecule has 2 rings (SSSR count). The minimum Gasteiger partial charge on any atom is -0.346 e. The molecular formula is C13H13N3O. The van der Waals surface area contributed by atoms with E-state index in [2.05, 4.69) is 21.2 Å². The number of carbonyl (C=O) groups excluding carboxylic acids is 1. The lowest BCUT2D eigenvalue weighted by molar-refractivity contribution is -0.120. The third-order valence-corrected chi connectivity index (χ3v) is 2.46. The van der Waals surface area contributed by atoms with Crippen molar-refractivity contribution in [3.05, 3.63) is 30.1 Å². The third-order valence-electron chi connectivity index (χ3n) is 2.46. The van der Waals surface area contributed by atoms with Gasteiger partial charge in [-0.3, -0.25) is 4.79 Å². The van der Waals surface area contributed by atoms with Crippen molar-refractivity contribution in [1.29, 1.82) is 0 Å². The quantitative estimate of drug-likeness (QED) is 0.785. The zero-order valence-corrected chi connectivity index (χ0v) is 9.53. The number of fused-ring (bicyclic) bond motifs is 1. The van der Waals surface area contributed by atoms with Gasteiger partial charge in [0, 0.05) is 0 Å². The maximum absolute atomic E-state index is 11.3. The molecule has 0 spiro atoms. The van der Waals surface area contributed by atoms with Crippen LogP contribution in [0.1, 0.15) is 25.2 Å².